The molecule has 3 heteroatoms. The van der Waals surface area contributed by atoms with Crippen molar-refractivity contribution in [2.45, 2.75) is 33.6 Å². The van der Waals surface area contributed by atoms with Crippen LogP contribution in [-0.2, 0) is 0 Å². The van der Waals surface area contributed by atoms with Gasteiger partial charge in [0.2, 0.25) is 0 Å². The Morgan fingerprint density at radius 2 is 1.72 bits per heavy atom. The predicted molar refractivity (Wildman–Crippen MR) is 78.9 cm³/mol. The van der Waals surface area contributed by atoms with Crippen LogP contribution >= 0.6 is 0 Å². The molecule has 0 fully saturated rings. The Morgan fingerprint density at radius 1 is 1.06 bits per heavy atom. The van der Waals surface area contributed by atoms with Gasteiger partial charge < -0.3 is 15.4 Å². The summed E-state index contributed by atoms with van der Waals surface area (Å²) in [5.41, 5.74) is 4.94. The van der Waals surface area contributed by atoms with Gasteiger partial charge in [-0.25, -0.2) is 0 Å². The largest absolute Gasteiger partial charge is 0.496 e. The summed E-state index contributed by atoms with van der Waals surface area (Å²) in [5, 5.41) is 6.69. The minimum Gasteiger partial charge on any atom is -0.496 e. The number of ether oxygens (including phenoxy) is 1. The van der Waals surface area contributed by atoms with E-state index in [2.05, 4.69) is 37.5 Å². The van der Waals surface area contributed by atoms with Crippen LogP contribution in [0.1, 0.15) is 29.5 Å². The summed E-state index contributed by atoms with van der Waals surface area (Å²) in [4.78, 5) is 0. The van der Waals surface area contributed by atoms with E-state index in [0.29, 0.717) is 0 Å². The van der Waals surface area contributed by atoms with Crippen molar-refractivity contribution in [1.82, 2.24) is 5.32 Å². The zero-order valence-corrected chi connectivity index (χ0v) is 12.3. The van der Waals surface area contributed by atoms with Crippen LogP contribution < -0.4 is 15.4 Å². The molecule has 0 saturated carbocycles. The number of methoxy groups -OCH3 is 1. The van der Waals surface area contributed by atoms with Crippen LogP contribution in [0.4, 0.5) is 5.69 Å². The zero-order valence-electron chi connectivity index (χ0n) is 12.3. The predicted octanol–water partition coefficient (Wildman–Crippen LogP) is 3.03. The maximum absolute atomic E-state index is 5.43. The molecule has 0 aliphatic rings. The van der Waals surface area contributed by atoms with Crippen molar-refractivity contribution in [1.29, 1.82) is 0 Å². The molecule has 0 spiro atoms. The lowest BCUT2D eigenvalue weighted by atomic mass is 10.0. The number of hydrogen-bond donors (Lipinski definition) is 2. The molecule has 0 aliphatic heterocycles. The molecule has 2 N–H and O–H groups in total. The van der Waals surface area contributed by atoms with Crippen LogP contribution in [-0.4, -0.2) is 27.2 Å². The molecule has 0 unspecified atom stereocenters. The van der Waals surface area contributed by atoms with Gasteiger partial charge in [0.15, 0.2) is 0 Å². The molecular formula is C15H26N2O. The molecule has 0 aliphatic carbocycles. The highest BCUT2D eigenvalue weighted by Gasteiger charge is 2.09. The van der Waals surface area contributed by atoms with Crippen LogP contribution in [0.3, 0.4) is 0 Å². The molecule has 1 aromatic rings. The molecule has 1 rings (SSSR count). The minimum atomic E-state index is 1.01. The first-order valence-corrected chi connectivity index (χ1v) is 6.65. The molecular weight excluding hydrogens is 224 g/mol. The van der Waals surface area contributed by atoms with Crippen LogP contribution in [0, 0.1) is 20.8 Å². The van der Waals surface area contributed by atoms with Gasteiger partial charge in [0.05, 0.1) is 7.11 Å². The molecule has 0 heterocycles. The topological polar surface area (TPSA) is 33.3 Å². The number of benzene rings is 1. The summed E-state index contributed by atoms with van der Waals surface area (Å²) in [6, 6.07) is 2.18. The number of hydrogen-bond acceptors (Lipinski definition) is 3. The second kappa shape index (κ2) is 7.27. The highest BCUT2D eigenvalue weighted by Crippen LogP contribution is 2.31. The van der Waals surface area contributed by atoms with Gasteiger partial charge in [-0.05, 0) is 70.0 Å². The third kappa shape index (κ3) is 3.64. The Balaban J connectivity index is 2.66. The molecule has 18 heavy (non-hydrogen) atoms. The zero-order chi connectivity index (χ0) is 13.5. The molecule has 0 aromatic heterocycles. The lowest BCUT2D eigenvalue weighted by Gasteiger charge is -2.17. The molecule has 102 valence electrons. The maximum atomic E-state index is 5.43. The van der Waals surface area contributed by atoms with Crippen LogP contribution in [0.15, 0.2) is 6.07 Å². The SMILES string of the molecule is CNCCCCNc1cc(C)c(OC)c(C)c1C. The van der Waals surface area contributed by atoms with Gasteiger partial charge in [-0.2, -0.15) is 0 Å². The summed E-state index contributed by atoms with van der Waals surface area (Å²) in [6.45, 7) is 8.47. The highest BCUT2D eigenvalue weighted by molar-refractivity contribution is 5.61. The molecule has 0 amide bonds. The van der Waals surface area contributed by atoms with Gasteiger partial charge in [0.25, 0.3) is 0 Å². The third-order valence-corrected chi connectivity index (χ3v) is 3.40. The van der Waals surface area contributed by atoms with Gasteiger partial charge in [0, 0.05) is 12.2 Å². The van der Waals surface area contributed by atoms with E-state index in [1.165, 1.54) is 35.2 Å². The van der Waals surface area contributed by atoms with Gasteiger partial charge in [-0.3, -0.25) is 0 Å². The second-order valence-electron chi connectivity index (χ2n) is 4.76. The Labute approximate surface area is 111 Å². The quantitative estimate of drug-likeness (QED) is 0.730. The van der Waals surface area contributed by atoms with E-state index < -0.39 is 0 Å². The van der Waals surface area contributed by atoms with Crippen molar-refractivity contribution in [3.63, 3.8) is 0 Å². The smallest absolute Gasteiger partial charge is 0.125 e. The first-order valence-electron chi connectivity index (χ1n) is 6.65. The average Bonchev–Trinajstić information content (AvgIpc) is 2.35. The Hall–Kier alpha value is -1.22. The fourth-order valence-corrected chi connectivity index (χ4v) is 2.21. The number of unbranched alkanes of at least 4 members (excludes halogenated alkanes) is 1. The number of aryl methyl sites for hydroxylation is 1. The number of rotatable bonds is 7. The molecule has 0 radical (unpaired) electrons. The van der Waals surface area contributed by atoms with E-state index in [-0.39, 0.29) is 0 Å². The average molecular weight is 250 g/mol. The van der Waals surface area contributed by atoms with Crippen molar-refractivity contribution < 1.29 is 4.74 Å². The maximum Gasteiger partial charge on any atom is 0.125 e. The molecule has 0 bridgehead atoms. The lowest BCUT2D eigenvalue weighted by Crippen LogP contribution is -2.11. The first kappa shape index (κ1) is 14.8. The molecule has 1 aromatic carbocycles. The molecule has 3 nitrogen and oxygen atoms in total. The summed E-state index contributed by atoms with van der Waals surface area (Å²) in [6.07, 6.45) is 2.39. The van der Waals surface area contributed by atoms with Crippen LogP contribution in [0.2, 0.25) is 0 Å². The summed E-state index contributed by atoms with van der Waals surface area (Å²) >= 11 is 0. The fourth-order valence-electron chi connectivity index (χ4n) is 2.21. The van der Waals surface area contributed by atoms with Gasteiger partial charge in [-0.1, -0.05) is 0 Å². The van der Waals surface area contributed by atoms with E-state index in [1.807, 2.05) is 7.05 Å². The lowest BCUT2D eigenvalue weighted by molar-refractivity contribution is 0.408. The van der Waals surface area contributed by atoms with Gasteiger partial charge in [-0.15, -0.1) is 0 Å². The third-order valence-electron chi connectivity index (χ3n) is 3.40. The summed E-state index contributed by atoms with van der Waals surface area (Å²) in [5.74, 6) is 1.01. The van der Waals surface area contributed by atoms with Gasteiger partial charge >= 0.3 is 0 Å². The second-order valence-corrected chi connectivity index (χ2v) is 4.76. The van der Waals surface area contributed by atoms with E-state index in [1.54, 1.807) is 7.11 Å². The number of anilines is 1. The van der Waals surface area contributed by atoms with Crippen molar-refractivity contribution >= 4 is 5.69 Å². The van der Waals surface area contributed by atoms with Crippen molar-refractivity contribution in [2.24, 2.45) is 0 Å². The van der Waals surface area contributed by atoms with Crippen molar-refractivity contribution in [3.05, 3.63) is 22.8 Å². The Bertz CT molecular complexity index is 389. The number of nitrogens with one attached hydrogen (secondary N) is 2. The van der Waals surface area contributed by atoms with Crippen LogP contribution in [0.25, 0.3) is 0 Å². The van der Waals surface area contributed by atoms with Crippen molar-refractivity contribution in [3.8, 4) is 5.75 Å². The highest BCUT2D eigenvalue weighted by atomic mass is 16.5. The standard InChI is InChI=1S/C15H26N2O/c1-11-10-14(17-9-7-6-8-16-4)12(2)13(3)15(11)18-5/h10,16-17H,6-9H2,1-5H3. The summed E-state index contributed by atoms with van der Waals surface area (Å²) < 4.78 is 5.43. The van der Waals surface area contributed by atoms with E-state index in [0.717, 1.165) is 18.8 Å². The molecule has 0 atom stereocenters. The minimum absolute atomic E-state index is 1.01. The monoisotopic (exact) mass is 250 g/mol. The van der Waals surface area contributed by atoms with Crippen LogP contribution in [0.5, 0.6) is 5.75 Å². The van der Waals surface area contributed by atoms with E-state index >= 15 is 0 Å². The van der Waals surface area contributed by atoms with E-state index in [9.17, 15) is 0 Å². The van der Waals surface area contributed by atoms with Crippen molar-refractivity contribution in [2.75, 3.05) is 32.6 Å². The molecule has 0 saturated heterocycles. The van der Waals surface area contributed by atoms with Gasteiger partial charge in [0.1, 0.15) is 5.75 Å². The Kier molecular flexibility index (Phi) is 5.99. The fraction of sp³-hybridized carbons (Fsp3) is 0.600. The normalized spacial score (nSPS) is 10.5. The summed E-state index contributed by atoms with van der Waals surface area (Å²) in [7, 11) is 3.73. The first-order chi connectivity index (χ1) is 8.61. The van der Waals surface area contributed by atoms with E-state index in [4.69, 9.17) is 4.74 Å². The Morgan fingerprint density at radius 3 is 2.33 bits per heavy atom.